The maximum Gasteiger partial charge on any atom is 0.410 e. The minimum absolute atomic E-state index is 0.0570. The summed E-state index contributed by atoms with van der Waals surface area (Å²) in [7, 11) is 0. The highest BCUT2D eigenvalue weighted by molar-refractivity contribution is 5.69. The molecular weight excluding hydrogens is 320 g/mol. The predicted octanol–water partition coefficient (Wildman–Crippen LogP) is 2.96. The van der Waals surface area contributed by atoms with Crippen LogP contribution >= 0.6 is 0 Å². The molecule has 1 saturated heterocycles. The minimum Gasteiger partial charge on any atom is -0.490 e. The molecule has 0 radical (unpaired) electrons. The van der Waals surface area contributed by atoms with E-state index in [1.54, 1.807) is 11.1 Å². The van der Waals surface area contributed by atoms with Crippen LogP contribution in [0.1, 0.15) is 51.5 Å². The molecule has 3 atom stereocenters. The van der Waals surface area contributed by atoms with Gasteiger partial charge < -0.3 is 19.5 Å². The topological polar surface area (TPSA) is 71.9 Å². The van der Waals surface area contributed by atoms with Gasteiger partial charge in [-0.25, -0.2) is 4.79 Å². The molecule has 3 rings (SSSR count). The van der Waals surface area contributed by atoms with Crippen LogP contribution in [0.4, 0.5) is 4.79 Å². The highest BCUT2D eigenvalue weighted by Gasteiger charge is 2.38. The van der Waals surface area contributed by atoms with Crippen molar-refractivity contribution in [2.24, 2.45) is 5.92 Å². The number of aliphatic hydroxyl groups is 1. The van der Waals surface area contributed by atoms with Crippen molar-refractivity contribution in [3.63, 3.8) is 0 Å². The quantitative estimate of drug-likeness (QED) is 0.856. The molecule has 1 amide bonds. The molecule has 0 unspecified atom stereocenters. The van der Waals surface area contributed by atoms with Crippen LogP contribution in [-0.2, 0) is 4.74 Å². The van der Waals surface area contributed by atoms with Crippen LogP contribution in [0.2, 0.25) is 0 Å². The number of aliphatic hydroxyl groups excluding tert-OH is 1. The number of carbonyl (C=O) groups excluding carboxylic acids is 1. The van der Waals surface area contributed by atoms with E-state index in [9.17, 15) is 4.79 Å². The number of aromatic nitrogens is 1. The average molecular weight is 348 g/mol. The number of rotatable bonds is 6. The van der Waals surface area contributed by atoms with E-state index in [0.29, 0.717) is 25.0 Å². The molecule has 6 nitrogen and oxygen atoms in total. The molecule has 6 heteroatoms. The standard InChI is InChI=1S/C19H28N2O4/c1-19(2,3)25-18(23)21-6-4-15(21)12-24-16-8-14(10-20-11-16)17-9-13(17)5-7-22/h8,10-11,13,15,17,22H,4-7,9,12H2,1-3H3/t13-,15+,17+/m1/s1. The monoisotopic (exact) mass is 348 g/mol. The van der Waals surface area contributed by atoms with E-state index in [2.05, 4.69) is 4.98 Å². The predicted molar refractivity (Wildman–Crippen MR) is 93.6 cm³/mol. The van der Waals surface area contributed by atoms with Crippen LogP contribution in [0.15, 0.2) is 18.5 Å². The third kappa shape index (κ3) is 4.63. The maximum absolute atomic E-state index is 12.1. The molecule has 1 aromatic heterocycles. The third-order valence-electron chi connectivity index (χ3n) is 4.80. The van der Waals surface area contributed by atoms with Gasteiger partial charge in [-0.3, -0.25) is 4.98 Å². The van der Waals surface area contributed by atoms with Crippen LogP contribution in [0.3, 0.4) is 0 Å². The van der Waals surface area contributed by atoms with E-state index < -0.39 is 5.60 Å². The van der Waals surface area contributed by atoms with Gasteiger partial charge in [0.15, 0.2) is 0 Å². The van der Waals surface area contributed by atoms with Crippen LogP contribution in [0.5, 0.6) is 5.75 Å². The van der Waals surface area contributed by atoms with Crippen molar-refractivity contribution in [2.45, 2.75) is 57.6 Å². The molecule has 25 heavy (non-hydrogen) atoms. The second kappa shape index (κ2) is 7.20. The number of ether oxygens (including phenoxy) is 2. The summed E-state index contributed by atoms with van der Waals surface area (Å²) < 4.78 is 11.3. The van der Waals surface area contributed by atoms with Crippen molar-refractivity contribution in [3.05, 3.63) is 24.0 Å². The first kappa shape index (κ1) is 18.0. The van der Waals surface area contributed by atoms with E-state index in [0.717, 1.165) is 25.0 Å². The Balaban J connectivity index is 1.50. The lowest BCUT2D eigenvalue weighted by Gasteiger charge is -2.40. The van der Waals surface area contributed by atoms with Gasteiger partial charge in [0.05, 0.1) is 12.2 Å². The number of hydrogen-bond acceptors (Lipinski definition) is 5. The molecule has 1 aliphatic heterocycles. The second-order valence-corrected chi connectivity index (χ2v) is 8.00. The highest BCUT2D eigenvalue weighted by Crippen LogP contribution is 2.49. The Kier molecular flexibility index (Phi) is 5.18. The van der Waals surface area contributed by atoms with Crippen LogP contribution < -0.4 is 4.74 Å². The zero-order valence-corrected chi connectivity index (χ0v) is 15.3. The fourth-order valence-electron chi connectivity index (χ4n) is 3.23. The van der Waals surface area contributed by atoms with Gasteiger partial charge in [0, 0.05) is 19.3 Å². The highest BCUT2D eigenvalue weighted by atomic mass is 16.6. The van der Waals surface area contributed by atoms with Gasteiger partial charge in [-0.1, -0.05) is 0 Å². The number of carbonyl (C=O) groups is 1. The molecule has 1 aliphatic carbocycles. The van der Waals surface area contributed by atoms with Crippen molar-refractivity contribution >= 4 is 6.09 Å². The summed E-state index contributed by atoms with van der Waals surface area (Å²) in [5.74, 6) is 1.80. The average Bonchev–Trinajstić information content (AvgIpc) is 3.24. The van der Waals surface area contributed by atoms with Gasteiger partial charge >= 0.3 is 6.09 Å². The van der Waals surface area contributed by atoms with Crippen molar-refractivity contribution in [1.82, 2.24) is 9.88 Å². The van der Waals surface area contributed by atoms with Crippen LogP contribution in [0.25, 0.3) is 0 Å². The fraction of sp³-hybridized carbons (Fsp3) is 0.684. The van der Waals surface area contributed by atoms with E-state index in [-0.39, 0.29) is 18.7 Å². The molecule has 1 N–H and O–H groups in total. The Morgan fingerprint density at radius 1 is 1.40 bits per heavy atom. The Labute approximate surface area is 149 Å². The first-order chi connectivity index (χ1) is 11.9. The lowest BCUT2D eigenvalue weighted by molar-refractivity contribution is -0.0141. The summed E-state index contributed by atoms with van der Waals surface area (Å²) in [4.78, 5) is 18.1. The summed E-state index contributed by atoms with van der Waals surface area (Å²) >= 11 is 0. The zero-order chi connectivity index (χ0) is 18.0. The lowest BCUT2D eigenvalue weighted by atomic mass is 10.1. The van der Waals surface area contributed by atoms with Gasteiger partial charge in [-0.2, -0.15) is 0 Å². The van der Waals surface area contributed by atoms with Gasteiger partial charge in [0.1, 0.15) is 18.0 Å². The number of hydrogen-bond donors (Lipinski definition) is 1. The molecule has 2 heterocycles. The molecular formula is C19H28N2O4. The lowest BCUT2D eigenvalue weighted by Crippen LogP contribution is -2.55. The molecule has 0 bridgehead atoms. The smallest absolute Gasteiger partial charge is 0.410 e. The van der Waals surface area contributed by atoms with Crippen molar-refractivity contribution in [2.75, 3.05) is 19.8 Å². The third-order valence-corrected chi connectivity index (χ3v) is 4.80. The Hall–Kier alpha value is -1.82. The normalized spacial score (nSPS) is 25.3. The summed E-state index contributed by atoms with van der Waals surface area (Å²) in [6, 6.07) is 2.09. The van der Waals surface area contributed by atoms with E-state index in [1.165, 1.54) is 5.56 Å². The minimum atomic E-state index is -0.480. The van der Waals surface area contributed by atoms with Crippen molar-refractivity contribution < 1.29 is 19.4 Å². The second-order valence-electron chi connectivity index (χ2n) is 8.00. The molecule has 0 spiro atoms. The Bertz CT molecular complexity index is 614. The molecule has 2 aliphatic rings. The molecule has 2 fully saturated rings. The summed E-state index contributed by atoms with van der Waals surface area (Å²) in [5.41, 5.74) is 0.694. The largest absolute Gasteiger partial charge is 0.490 e. The summed E-state index contributed by atoms with van der Waals surface area (Å²) in [6.45, 7) is 7.02. The van der Waals surface area contributed by atoms with Gasteiger partial charge in [0.25, 0.3) is 0 Å². The first-order valence-electron chi connectivity index (χ1n) is 9.05. The first-order valence-corrected chi connectivity index (χ1v) is 9.05. The molecule has 0 aromatic carbocycles. The van der Waals surface area contributed by atoms with E-state index >= 15 is 0 Å². The van der Waals surface area contributed by atoms with Crippen LogP contribution in [0, 0.1) is 5.92 Å². The van der Waals surface area contributed by atoms with Crippen LogP contribution in [-0.4, -0.2) is 52.5 Å². The maximum atomic E-state index is 12.1. The van der Waals surface area contributed by atoms with E-state index in [4.69, 9.17) is 14.6 Å². The van der Waals surface area contributed by atoms with Crippen molar-refractivity contribution in [1.29, 1.82) is 0 Å². The summed E-state index contributed by atoms with van der Waals surface area (Å²) in [6.07, 6.45) is 6.20. The van der Waals surface area contributed by atoms with Gasteiger partial charge in [-0.15, -0.1) is 0 Å². The number of pyridine rings is 1. The number of nitrogens with zero attached hydrogens (tertiary/aromatic N) is 2. The Morgan fingerprint density at radius 3 is 2.84 bits per heavy atom. The van der Waals surface area contributed by atoms with Crippen molar-refractivity contribution in [3.8, 4) is 5.75 Å². The summed E-state index contributed by atoms with van der Waals surface area (Å²) in [5, 5.41) is 9.03. The zero-order valence-electron chi connectivity index (χ0n) is 15.3. The van der Waals surface area contributed by atoms with Gasteiger partial charge in [0.2, 0.25) is 0 Å². The van der Waals surface area contributed by atoms with Gasteiger partial charge in [-0.05, 0) is 63.5 Å². The molecule has 1 saturated carbocycles. The Morgan fingerprint density at radius 2 is 2.20 bits per heavy atom. The van der Waals surface area contributed by atoms with E-state index in [1.807, 2.05) is 33.0 Å². The fourth-order valence-corrected chi connectivity index (χ4v) is 3.23. The number of likely N-dealkylation sites (tertiary alicyclic amines) is 1. The molecule has 138 valence electrons. The number of amides is 1. The molecule has 1 aromatic rings. The SMILES string of the molecule is CC(C)(C)OC(=O)N1CC[C@H]1COc1cncc([C@H]2C[C@H]2CCO)c1.